The minimum atomic E-state index is -0.0658. The zero-order valence-electron chi connectivity index (χ0n) is 13.1. The van der Waals surface area contributed by atoms with Crippen molar-refractivity contribution in [2.45, 2.75) is 26.3 Å². The summed E-state index contributed by atoms with van der Waals surface area (Å²) in [6.07, 6.45) is 3.72. The van der Waals surface area contributed by atoms with Crippen molar-refractivity contribution in [1.29, 1.82) is 0 Å². The van der Waals surface area contributed by atoms with Crippen LogP contribution in [-0.2, 0) is 6.54 Å². The molecule has 0 saturated carbocycles. The fourth-order valence-electron chi connectivity index (χ4n) is 3.19. The Morgan fingerprint density at radius 1 is 1.22 bits per heavy atom. The maximum Gasteiger partial charge on any atom is 0.336 e. The van der Waals surface area contributed by atoms with Crippen LogP contribution in [0.25, 0.3) is 0 Å². The third-order valence-electron chi connectivity index (χ3n) is 4.20. The molecule has 0 atom stereocenters. The van der Waals surface area contributed by atoms with E-state index >= 15 is 0 Å². The number of aryl methyl sites for hydroxylation is 1. The molecule has 1 aromatic carbocycles. The Bertz CT molecular complexity index is 765. The number of carbonyl (C=O) groups excluding carboxylic acids is 1. The van der Waals surface area contributed by atoms with E-state index in [0.29, 0.717) is 12.4 Å². The van der Waals surface area contributed by atoms with Crippen molar-refractivity contribution in [2.24, 2.45) is 4.99 Å². The van der Waals surface area contributed by atoms with E-state index in [2.05, 4.69) is 21.5 Å². The summed E-state index contributed by atoms with van der Waals surface area (Å²) < 4.78 is 2.11. The number of aliphatic imine (C=N–C) groups is 1. The average Bonchev–Trinajstić information content (AvgIpc) is 3.00. The molecule has 0 bridgehead atoms. The molecule has 6 heteroatoms. The van der Waals surface area contributed by atoms with Gasteiger partial charge in [-0.05, 0) is 25.0 Å². The van der Waals surface area contributed by atoms with Crippen LogP contribution in [0.1, 0.15) is 25.5 Å². The third kappa shape index (κ3) is 2.13. The molecule has 2 amide bonds. The Morgan fingerprint density at radius 2 is 2.04 bits per heavy atom. The first kappa shape index (κ1) is 14.0. The van der Waals surface area contributed by atoms with Crippen LogP contribution in [0.2, 0.25) is 0 Å². The average molecular weight is 309 g/mol. The third-order valence-corrected chi connectivity index (χ3v) is 4.20. The molecule has 0 fully saturated rings. The van der Waals surface area contributed by atoms with Gasteiger partial charge < -0.3 is 4.57 Å². The van der Waals surface area contributed by atoms with Crippen molar-refractivity contribution in [1.82, 2.24) is 14.5 Å². The molecule has 6 nitrogen and oxygen atoms in total. The van der Waals surface area contributed by atoms with Crippen LogP contribution in [0.4, 0.5) is 16.3 Å². The molecule has 2 aliphatic rings. The van der Waals surface area contributed by atoms with Crippen LogP contribution in [0.3, 0.4) is 0 Å². The Morgan fingerprint density at radius 3 is 2.83 bits per heavy atom. The van der Waals surface area contributed by atoms with E-state index in [-0.39, 0.29) is 6.03 Å². The van der Waals surface area contributed by atoms with Gasteiger partial charge in [0.15, 0.2) is 11.7 Å². The van der Waals surface area contributed by atoms with Gasteiger partial charge in [0.2, 0.25) is 0 Å². The highest BCUT2D eigenvalue weighted by Crippen LogP contribution is 2.35. The minimum Gasteiger partial charge on any atom is -0.326 e. The van der Waals surface area contributed by atoms with Crippen LogP contribution in [-0.4, -0.2) is 39.4 Å². The summed E-state index contributed by atoms with van der Waals surface area (Å²) >= 11 is 0. The standard InChI is InChI=1S/C17H19N5O/c1-2-10-20-12-19-16-14(20)15-18-9-6-11-21(15)17(23)22(16)13-7-4-3-5-8-13/h3-5,7-8,12H,2,6,9-11H2,1H3. The number of amidine groups is 1. The summed E-state index contributed by atoms with van der Waals surface area (Å²) in [5.41, 5.74) is 1.79. The SMILES string of the molecule is CCCn1cnc2c1C1=NCCCN1C(=O)N2c1ccccc1. The smallest absolute Gasteiger partial charge is 0.326 e. The summed E-state index contributed by atoms with van der Waals surface area (Å²) in [4.78, 5) is 25.7. The summed E-state index contributed by atoms with van der Waals surface area (Å²) in [6.45, 7) is 4.47. The Kier molecular flexibility index (Phi) is 3.37. The first-order chi connectivity index (χ1) is 11.3. The zero-order valence-corrected chi connectivity index (χ0v) is 13.1. The molecule has 0 radical (unpaired) electrons. The lowest BCUT2D eigenvalue weighted by atomic mass is 10.2. The predicted octanol–water partition coefficient (Wildman–Crippen LogP) is 3.02. The first-order valence-corrected chi connectivity index (χ1v) is 8.08. The van der Waals surface area contributed by atoms with E-state index < -0.39 is 0 Å². The molecule has 3 heterocycles. The number of nitrogens with zero attached hydrogens (tertiary/aromatic N) is 5. The summed E-state index contributed by atoms with van der Waals surface area (Å²) in [5, 5.41) is 0. The van der Waals surface area contributed by atoms with Crippen molar-refractivity contribution in [3.8, 4) is 0 Å². The molecule has 0 N–H and O–H groups in total. The molecule has 1 aromatic heterocycles. The van der Waals surface area contributed by atoms with E-state index in [1.165, 1.54) is 0 Å². The van der Waals surface area contributed by atoms with Crippen molar-refractivity contribution in [2.75, 3.05) is 18.0 Å². The second-order valence-corrected chi connectivity index (χ2v) is 5.77. The topological polar surface area (TPSA) is 53.7 Å². The van der Waals surface area contributed by atoms with Gasteiger partial charge in [0, 0.05) is 19.6 Å². The van der Waals surface area contributed by atoms with Crippen LogP contribution in [0.5, 0.6) is 0 Å². The second kappa shape index (κ2) is 5.53. The number of rotatable bonds is 3. The number of urea groups is 1. The molecule has 23 heavy (non-hydrogen) atoms. The molecular weight excluding hydrogens is 290 g/mol. The molecule has 0 aliphatic carbocycles. The van der Waals surface area contributed by atoms with Crippen molar-refractivity contribution < 1.29 is 4.79 Å². The summed E-state index contributed by atoms with van der Waals surface area (Å²) in [7, 11) is 0. The fraction of sp³-hybridized carbons (Fsp3) is 0.353. The van der Waals surface area contributed by atoms with Crippen LogP contribution in [0, 0.1) is 0 Å². The number of imidazole rings is 1. The number of benzene rings is 1. The monoisotopic (exact) mass is 309 g/mol. The van der Waals surface area contributed by atoms with Gasteiger partial charge in [-0.15, -0.1) is 0 Å². The van der Waals surface area contributed by atoms with Crippen LogP contribution in [0.15, 0.2) is 41.7 Å². The van der Waals surface area contributed by atoms with E-state index in [0.717, 1.165) is 43.1 Å². The molecule has 2 aliphatic heterocycles. The maximum atomic E-state index is 13.0. The molecule has 0 unspecified atom stereocenters. The van der Waals surface area contributed by atoms with Gasteiger partial charge in [-0.3, -0.25) is 9.89 Å². The largest absolute Gasteiger partial charge is 0.336 e. The van der Waals surface area contributed by atoms with Crippen LogP contribution < -0.4 is 4.90 Å². The Hall–Kier alpha value is -2.63. The van der Waals surface area contributed by atoms with Gasteiger partial charge in [0.1, 0.15) is 5.69 Å². The highest BCUT2D eigenvalue weighted by molar-refractivity contribution is 6.20. The van der Waals surface area contributed by atoms with Gasteiger partial charge in [-0.1, -0.05) is 25.1 Å². The Labute approximate surface area is 135 Å². The van der Waals surface area contributed by atoms with E-state index in [4.69, 9.17) is 0 Å². The summed E-state index contributed by atoms with van der Waals surface area (Å²) in [5.74, 6) is 1.46. The van der Waals surface area contributed by atoms with Gasteiger partial charge in [0.05, 0.1) is 12.0 Å². The molecule has 4 rings (SSSR count). The fourth-order valence-corrected chi connectivity index (χ4v) is 3.19. The van der Waals surface area contributed by atoms with Gasteiger partial charge in [-0.2, -0.15) is 0 Å². The minimum absolute atomic E-state index is 0.0658. The number of amides is 2. The Balaban J connectivity index is 1.91. The quantitative estimate of drug-likeness (QED) is 0.875. The molecule has 0 saturated heterocycles. The van der Waals surface area contributed by atoms with Crippen LogP contribution >= 0.6 is 0 Å². The first-order valence-electron chi connectivity index (χ1n) is 8.08. The van der Waals surface area contributed by atoms with Crippen molar-refractivity contribution in [3.63, 3.8) is 0 Å². The van der Waals surface area contributed by atoms with Gasteiger partial charge >= 0.3 is 6.03 Å². The number of carbonyl (C=O) groups is 1. The molecule has 2 aromatic rings. The van der Waals surface area contributed by atoms with E-state index in [1.54, 1.807) is 9.80 Å². The molecule has 118 valence electrons. The number of para-hydroxylation sites is 1. The number of hydrogen-bond acceptors (Lipinski definition) is 3. The van der Waals surface area contributed by atoms with Crippen molar-refractivity contribution >= 4 is 23.4 Å². The maximum absolute atomic E-state index is 13.0. The lowest BCUT2D eigenvalue weighted by Crippen LogP contribution is -2.52. The van der Waals surface area contributed by atoms with Gasteiger partial charge in [-0.25, -0.2) is 14.7 Å². The lowest BCUT2D eigenvalue weighted by Gasteiger charge is -2.37. The zero-order chi connectivity index (χ0) is 15.8. The summed E-state index contributed by atoms with van der Waals surface area (Å²) in [6, 6.07) is 9.63. The molecular formula is C17H19N5O. The lowest BCUT2D eigenvalue weighted by molar-refractivity contribution is 0.226. The van der Waals surface area contributed by atoms with E-state index in [1.807, 2.05) is 36.7 Å². The normalized spacial score (nSPS) is 16.9. The van der Waals surface area contributed by atoms with Gasteiger partial charge in [0.25, 0.3) is 0 Å². The predicted molar refractivity (Wildman–Crippen MR) is 89.2 cm³/mol. The second-order valence-electron chi connectivity index (χ2n) is 5.77. The van der Waals surface area contributed by atoms with E-state index in [9.17, 15) is 4.79 Å². The highest BCUT2D eigenvalue weighted by atomic mass is 16.2. The van der Waals surface area contributed by atoms with Crippen molar-refractivity contribution in [3.05, 3.63) is 42.4 Å². The molecule has 0 spiro atoms. The highest BCUT2D eigenvalue weighted by Gasteiger charge is 2.40. The number of anilines is 2. The number of fused-ring (bicyclic) bond motifs is 3. The number of aromatic nitrogens is 2. The number of hydrogen-bond donors (Lipinski definition) is 0.